The van der Waals surface area contributed by atoms with Crippen LogP contribution >= 0.6 is 23.2 Å². The molecule has 0 radical (unpaired) electrons. The van der Waals surface area contributed by atoms with Gasteiger partial charge in [0.25, 0.3) is 5.56 Å². The van der Waals surface area contributed by atoms with Crippen LogP contribution in [0.1, 0.15) is 22.4 Å². The highest BCUT2D eigenvalue weighted by Crippen LogP contribution is 2.33. The molecule has 2 aromatic carbocycles. The molecule has 0 aliphatic rings. The highest BCUT2D eigenvalue weighted by molar-refractivity contribution is 6.32. The summed E-state index contributed by atoms with van der Waals surface area (Å²) in [6.45, 7) is 1.73. The zero-order chi connectivity index (χ0) is 18.7. The van der Waals surface area contributed by atoms with Crippen LogP contribution in [0.2, 0.25) is 10.0 Å². The van der Waals surface area contributed by atoms with E-state index in [1.807, 2.05) is 6.07 Å². The van der Waals surface area contributed by atoms with Gasteiger partial charge in [-0.3, -0.25) is 4.79 Å². The Morgan fingerprint density at radius 2 is 1.96 bits per heavy atom. The molecule has 1 heterocycles. The summed E-state index contributed by atoms with van der Waals surface area (Å²) in [5.41, 5.74) is 2.35. The molecule has 0 atom stereocenters. The fraction of sp³-hybridized carbons (Fsp3) is 0.105. The van der Waals surface area contributed by atoms with E-state index in [4.69, 9.17) is 27.9 Å². The van der Waals surface area contributed by atoms with Crippen molar-refractivity contribution in [2.24, 2.45) is 0 Å². The van der Waals surface area contributed by atoms with E-state index >= 15 is 0 Å². The van der Waals surface area contributed by atoms with E-state index in [0.717, 1.165) is 11.3 Å². The SMILES string of the molecule is Cc1cc(Cc2ccc(Cl)c(Oc3cc(Cl)ccc3C#N)c2)n[nH]c1=O. The number of aromatic nitrogens is 2. The highest BCUT2D eigenvalue weighted by Gasteiger charge is 2.10. The fourth-order valence-electron chi connectivity index (χ4n) is 2.39. The Balaban J connectivity index is 1.91. The molecule has 3 rings (SSSR count). The number of aromatic amines is 1. The van der Waals surface area contributed by atoms with E-state index in [1.165, 1.54) is 0 Å². The second-order valence-corrected chi connectivity index (χ2v) is 6.51. The maximum Gasteiger partial charge on any atom is 0.267 e. The Morgan fingerprint density at radius 1 is 1.15 bits per heavy atom. The number of H-pyrrole nitrogens is 1. The number of hydrogen-bond acceptors (Lipinski definition) is 4. The summed E-state index contributed by atoms with van der Waals surface area (Å²) >= 11 is 12.2. The lowest BCUT2D eigenvalue weighted by molar-refractivity contribution is 0.481. The van der Waals surface area contributed by atoms with Crippen molar-refractivity contribution in [3.05, 3.63) is 85.2 Å². The molecule has 26 heavy (non-hydrogen) atoms. The summed E-state index contributed by atoms with van der Waals surface area (Å²) < 4.78 is 5.82. The molecule has 7 heteroatoms. The minimum Gasteiger partial charge on any atom is -0.454 e. The second kappa shape index (κ2) is 7.61. The zero-order valence-electron chi connectivity index (χ0n) is 13.7. The minimum absolute atomic E-state index is 0.209. The van der Waals surface area contributed by atoms with Crippen molar-refractivity contribution in [1.29, 1.82) is 5.26 Å². The summed E-state index contributed by atoms with van der Waals surface area (Å²) in [5, 5.41) is 16.6. The van der Waals surface area contributed by atoms with Crippen molar-refractivity contribution in [3.8, 4) is 17.6 Å². The van der Waals surface area contributed by atoms with Crippen molar-refractivity contribution in [2.75, 3.05) is 0 Å². The van der Waals surface area contributed by atoms with Gasteiger partial charge in [-0.25, -0.2) is 5.10 Å². The third kappa shape index (κ3) is 4.05. The average Bonchev–Trinajstić information content (AvgIpc) is 2.61. The summed E-state index contributed by atoms with van der Waals surface area (Å²) in [6.07, 6.45) is 0.492. The van der Waals surface area contributed by atoms with E-state index in [2.05, 4.69) is 16.3 Å². The number of ether oxygens (including phenoxy) is 1. The molecule has 0 fully saturated rings. The lowest BCUT2D eigenvalue weighted by Gasteiger charge is -2.11. The number of nitrogens with zero attached hydrogens (tertiary/aromatic N) is 2. The van der Waals surface area contributed by atoms with E-state index in [9.17, 15) is 10.1 Å². The van der Waals surface area contributed by atoms with Crippen LogP contribution in [-0.4, -0.2) is 10.2 Å². The summed E-state index contributed by atoms with van der Waals surface area (Å²) in [6, 6.07) is 13.9. The molecule has 5 nitrogen and oxygen atoms in total. The van der Waals surface area contributed by atoms with Gasteiger partial charge in [0.15, 0.2) is 0 Å². The van der Waals surface area contributed by atoms with Crippen LogP contribution < -0.4 is 10.3 Å². The first kappa shape index (κ1) is 18.0. The number of hydrogen-bond donors (Lipinski definition) is 1. The largest absolute Gasteiger partial charge is 0.454 e. The quantitative estimate of drug-likeness (QED) is 0.709. The Morgan fingerprint density at radius 3 is 2.69 bits per heavy atom. The number of halogens is 2. The predicted octanol–water partition coefficient (Wildman–Crippen LogP) is 4.64. The van der Waals surface area contributed by atoms with Gasteiger partial charge < -0.3 is 4.74 Å². The molecule has 0 spiro atoms. The van der Waals surface area contributed by atoms with Gasteiger partial charge >= 0.3 is 0 Å². The van der Waals surface area contributed by atoms with Crippen molar-refractivity contribution < 1.29 is 4.74 Å². The topological polar surface area (TPSA) is 78.8 Å². The van der Waals surface area contributed by atoms with Crippen molar-refractivity contribution in [3.63, 3.8) is 0 Å². The van der Waals surface area contributed by atoms with Gasteiger partial charge in [0.2, 0.25) is 0 Å². The van der Waals surface area contributed by atoms with E-state index in [1.54, 1.807) is 43.3 Å². The Hall–Kier alpha value is -2.81. The van der Waals surface area contributed by atoms with Crippen molar-refractivity contribution >= 4 is 23.2 Å². The van der Waals surface area contributed by atoms with E-state index in [0.29, 0.717) is 39.1 Å². The summed E-state index contributed by atoms with van der Waals surface area (Å²) in [7, 11) is 0. The van der Waals surface area contributed by atoms with Gasteiger partial charge in [0.1, 0.15) is 17.6 Å². The van der Waals surface area contributed by atoms with E-state index in [-0.39, 0.29) is 5.56 Å². The van der Waals surface area contributed by atoms with Gasteiger partial charge in [0.05, 0.1) is 16.3 Å². The Labute approximate surface area is 159 Å². The standard InChI is InChI=1S/C19H13Cl2N3O2/c1-11-6-15(23-24-19(11)25)7-12-2-5-16(21)18(8-12)26-17-9-14(20)4-3-13(17)10-22/h2-6,8-9H,7H2,1H3,(H,24,25). The van der Waals surface area contributed by atoms with Crippen molar-refractivity contribution in [1.82, 2.24) is 10.2 Å². The first-order valence-corrected chi connectivity index (χ1v) is 8.43. The molecule has 0 unspecified atom stereocenters. The zero-order valence-corrected chi connectivity index (χ0v) is 15.2. The monoisotopic (exact) mass is 385 g/mol. The smallest absolute Gasteiger partial charge is 0.267 e. The second-order valence-electron chi connectivity index (χ2n) is 5.67. The average molecular weight is 386 g/mol. The Bertz CT molecular complexity index is 1070. The molecule has 0 aliphatic heterocycles. The third-order valence-electron chi connectivity index (χ3n) is 3.71. The van der Waals surface area contributed by atoms with Crippen LogP contribution in [-0.2, 0) is 6.42 Å². The summed E-state index contributed by atoms with van der Waals surface area (Å²) in [5.74, 6) is 0.737. The molecule has 1 aromatic heterocycles. The number of aryl methyl sites for hydroxylation is 1. The molecule has 0 saturated carbocycles. The van der Waals surface area contributed by atoms with Gasteiger partial charge in [-0.2, -0.15) is 10.4 Å². The molecular weight excluding hydrogens is 373 g/mol. The molecule has 1 N–H and O–H groups in total. The first-order chi connectivity index (χ1) is 12.5. The van der Waals surface area contributed by atoms with E-state index < -0.39 is 0 Å². The fourth-order valence-corrected chi connectivity index (χ4v) is 2.70. The van der Waals surface area contributed by atoms with Crippen molar-refractivity contribution in [2.45, 2.75) is 13.3 Å². The lowest BCUT2D eigenvalue weighted by atomic mass is 10.1. The van der Waals surface area contributed by atoms with Crippen LogP contribution in [0, 0.1) is 18.3 Å². The molecule has 0 saturated heterocycles. The van der Waals surface area contributed by atoms with Gasteiger partial charge in [-0.1, -0.05) is 29.3 Å². The van der Waals surface area contributed by atoms with Crippen LogP contribution in [0.4, 0.5) is 0 Å². The predicted molar refractivity (Wildman–Crippen MR) is 100 cm³/mol. The summed E-state index contributed by atoms with van der Waals surface area (Å²) in [4.78, 5) is 11.4. The van der Waals surface area contributed by atoms with Gasteiger partial charge in [-0.05, 0) is 42.8 Å². The normalized spacial score (nSPS) is 10.4. The first-order valence-electron chi connectivity index (χ1n) is 7.67. The minimum atomic E-state index is -0.209. The number of nitrogens with one attached hydrogen (secondary N) is 1. The third-order valence-corrected chi connectivity index (χ3v) is 4.25. The molecular formula is C19H13Cl2N3O2. The number of benzene rings is 2. The van der Waals surface area contributed by atoms with Crippen LogP contribution in [0.5, 0.6) is 11.5 Å². The molecule has 0 aliphatic carbocycles. The van der Waals surface area contributed by atoms with Crippen LogP contribution in [0.15, 0.2) is 47.3 Å². The maximum absolute atomic E-state index is 11.4. The van der Waals surface area contributed by atoms with Crippen LogP contribution in [0.25, 0.3) is 0 Å². The molecule has 3 aromatic rings. The van der Waals surface area contributed by atoms with Gasteiger partial charge in [0, 0.05) is 23.1 Å². The number of nitriles is 1. The lowest BCUT2D eigenvalue weighted by Crippen LogP contribution is -2.12. The molecule has 0 bridgehead atoms. The van der Waals surface area contributed by atoms with Crippen LogP contribution in [0.3, 0.4) is 0 Å². The van der Waals surface area contributed by atoms with Gasteiger partial charge in [-0.15, -0.1) is 0 Å². The maximum atomic E-state index is 11.4. The highest BCUT2D eigenvalue weighted by atomic mass is 35.5. The Kier molecular flexibility index (Phi) is 5.27. The molecule has 130 valence electrons. The number of rotatable bonds is 4. The molecule has 0 amide bonds.